The van der Waals surface area contributed by atoms with E-state index in [1.165, 1.54) is 6.07 Å². The minimum atomic E-state index is -4.87. The van der Waals surface area contributed by atoms with Crippen LogP contribution in [0.15, 0.2) is 27.6 Å². The molecular weight excluding hydrogens is 481 g/mol. The third-order valence-corrected chi connectivity index (χ3v) is 8.03. The summed E-state index contributed by atoms with van der Waals surface area (Å²) in [6, 6.07) is 2.85. The van der Waals surface area contributed by atoms with Crippen LogP contribution in [0.1, 0.15) is 31.2 Å². The zero-order valence-electron chi connectivity index (χ0n) is 15.2. The Morgan fingerprint density at radius 2 is 1.86 bits per heavy atom. The number of benzene rings is 1. The van der Waals surface area contributed by atoms with E-state index in [2.05, 4.69) is 15.9 Å². The second-order valence-electron chi connectivity index (χ2n) is 7.21. The van der Waals surface area contributed by atoms with E-state index in [9.17, 15) is 31.5 Å². The fourth-order valence-electron chi connectivity index (χ4n) is 3.83. The molecule has 0 aromatic heterocycles. The number of hydrogen-bond acceptors (Lipinski definition) is 5. The van der Waals surface area contributed by atoms with E-state index in [1.54, 1.807) is 0 Å². The molecule has 1 heterocycles. The molecule has 1 aromatic rings. The Labute approximate surface area is 174 Å². The van der Waals surface area contributed by atoms with Gasteiger partial charge in [-0.1, -0.05) is 15.9 Å². The van der Waals surface area contributed by atoms with Crippen molar-refractivity contribution in [3.63, 3.8) is 0 Å². The Morgan fingerprint density at radius 3 is 2.45 bits per heavy atom. The molecule has 29 heavy (non-hydrogen) atoms. The quantitative estimate of drug-likeness (QED) is 0.663. The lowest BCUT2D eigenvalue weighted by Gasteiger charge is -2.27. The van der Waals surface area contributed by atoms with Crippen LogP contribution in [0.2, 0.25) is 0 Å². The maximum Gasteiger partial charge on any atom is 0.417 e. The first kappa shape index (κ1) is 22.5. The van der Waals surface area contributed by atoms with Gasteiger partial charge < -0.3 is 14.6 Å². The summed E-state index contributed by atoms with van der Waals surface area (Å²) >= 11 is 2.93. The van der Waals surface area contributed by atoms with Crippen LogP contribution >= 0.6 is 15.9 Å². The molecule has 1 aliphatic heterocycles. The number of carboxylic acid groups (broad SMARTS) is 1. The van der Waals surface area contributed by atoms with Gasteiger partial charge in [-0.2, -0.15) is 13.2 Å². The molecule has 0 unspecified atom stereocenters. The Balaban J connectivity index is 1.89. The van der Waals surface area contributed by atoms with Gasteiger partial charge in [0, 0.05) is 17.7 Å². The first-order chi connectivity index (χ1) is 13.5. The number of ether oxygens (including phenoxy) is 2. The van der Waals surface area contributed by atoms with Gasteiger partial charge in [0.15, 0.2) is 9.84 Å². The predicted molar refractivity (Wildman–Crippen MR) is 99.2 cm³/mol. The van der Waals surface area contributed by atoms with Crippen LogP contribution in [0.4, 0.5) is 13.2 Å². The van der Waals surface area contributed by atoms with Crippen LogP contribution in [0.3, 0.4) is 0 Å². The summed E-state index contributed by atoms with van der Waals surface area (Å²) in [7, 11) is -4.42. The lowest BCUT2D eigenvalue weighted by atomic mass is 10.1. The second kappa shape index (κ2) is 8.52. The zero-order chi connectivity index (χ0) is 21.4. The number of alkyl halides is 3. The average molecular weight is 501 g/mol. The fraction of sp³-hybridized carbons (Fsp3) is 0.611. The molecule has 1 N–H and O–H groups in total. The molecule has 1 saturated carbocycles. The van der Waals surface area contributed by atoms with Crippen LogP contribution < -0.4 is 0 Å². The highest BCUT2D eigenvalue weighted by Crippen LogP contribution is 2.42. The summed E-state index contributed by atoms with van der Waals surface area (Å²) in [5, 5.41) is 8.23. The molecule has 11 heteroatoms. The average Bonchev–Trinajstić information content (AvgIpc) is 3.06. The largest absolute Gasteiger partial charge is 0.481 e. The van der Waals surface area contributed by atoms with Crippen molar-refractivity contribution < 1.29 is 41.0 Å². The van der Waals surface area contributed by atoms with Crippen LogP contribution in [0.25, 0.3) is 0 Å². The standard InChI is InChI=1S/C18H20BrF3O6S/c19-10-1-2-16(14(7-10)18(20,21)22)29(25,26)12-8-13(17(23)24)15(9-12)28-11-3-5-27-6-4-11/h1-2,7,11-13,15H,3-6,8-9H2,(H,23,24)/t12-,13-,15-/m1/s1. The van der Waals surface area contributed by atoms with Gasteiger partial charge in [-0.25, -0.2) is 8.42 Å². The summed E-state index contributed by atoms with van der Waals surface area (Å²) in [4.78, 5) is 10.8. The smallest absolute Gasteiger partial charge is 0.417 e. The summed E-state index contributed by atoms with van der Waals surface area (Å²) in [6.07, 6.45) is -5.33. The predicted octanol–water partition coefficient (Wildman–Crippen LogP) is 3.67. The number of sulfone groups is 1. The van der Waals surface area contributed by atoms with Crippen molar-refractivity contribution in [2.45, 2.75) is 54.2 Å². The van der Waals surface area contributed by atoms with Crippen LogP contribution in [0, 0.1) is 5.92 Å². The van der Waals surface area contributed by atoms with Crippen LogP contribution in [-0.4, -0.2) is 50.2 Å². The van der Waals surface area contributed by atoms with Gasteiger partial charge >= 0.3 is 12.1 Å². The van der Waals surface area contributed by atoms with Crippen molar-refractivity contribution in [2.75, 3.05) is 13.2 Å². The van der Waals surface area contributed by atoms with Crippen molar-refractivity contribution >= 4 is 31.7 Å². The highest BCUT2D eigenvalue weighted by atomic mass is 79.9. The third kappa shape index (κ3) is 4.95. The number of carbonyl (C=O) groups is 1. The maximum absolute atomic E-state index is 13.4. The SMILES string of the molecule is O=C(O)[C@@H]1C[C@@H](S(=O)(=O)c2ccc(Br)cc2C(F)(F)F)C[C@H]1OC1CCOCC1. The first-order valence-corrected chi connectivity index (χ1v) is 11.4. The Bertz CT molecular complexity index is 867. The third-order valence-electron chi connectivity index (χ3n) is 5.31. The van der Waals surface area contributed by atoms with E-state index in [4.69, 9.17) is 9.47 Å². The van der Waals surface area contributed by atoms with Gasteiger partial charge in [-0.05, 0) is 43.9 Å². The van der Waals surface area contributed by atoms with Crippen molar-refractivity contribution in [3.05, 3.63) is 28.2 Å². The molecular formula is C18H20BrF3O6S. The van der Waals surface area contributed by atoms with E-state index in [0.29, 0.717) is 32.1 Å². The molecule has 0 bridgehead atoms. The highest BCUT2D eigenvalue weighted by molar-refractivity contribution is 9.10. The molecule has 0 radical (unpaired) electrons. The molecule has 2 aliphatic rings. The number of aliphatic carboxylic acids is 1. The molecule has 0 spiro atoms. The second-order valence-corrected chi connectivity index (χ2v) is 10.3. The molecule has 1 saturated heterocycles. The monoisotopic (exact) mass is 500 g/mol. The Kier molecular flexibility index (Phi) is 6.62. The van der Waals surface area contributed by atoms with Gasteiger partial charge in [0.25, 0.3) is 0 Å². The van der Waals surface area contributed by atoms with Crippen molar-refractivity contribution in [2.24, 2.45) is 5.92 Å². The molecule has 3 rings (SSSR count). The van der Waals surface area contributed by atoms with Gasteiger partial charge in [0.1, 0.15) is 0 Å². The lowest BCUT2D eigenvalue weighted by molar-refractivity contribution is -0.149. The van der Waals surface area contributed by atoms with Crippen molar-refractivity contribution in [1.29, 1.82) is 0 Å². The fourth-order valence-corrected chi connectivity index (χ4v) is 6.19. The number of carboxylic acids is 1. The maximum atomic E-state index is 13.4. The van der Waals surface area contributed by atoms with Crippen molar-refractivity contribution in [3.8, 4) is 0 Å². The number of rotatable bonds is 5. The molecule has 6 nitrogen and oxygen atoms in total. The molecule has 162 valence electrons. The molecule has 1 aliphatic carbocycles. The molecule has 0 amide bonds. The topological polar surface area (TPSA) is 89.9 Å². The van der Waals surface area contributed by atoms with Crippen molar-refractivity contribution in [1.82, 2.24) is 0 Å². The van der Waals surface area contributed by atoms with Gasteiger partial charge in [0.05, 0.1) is 33.8 Å². The summed E-state index contributed by atoms with van der Waals surface area (Å²) in [5.74, 6) is -2.31. The minimum absolute atomic E-state index is 0.0966. The minimum Gasteiger partial charge on any atom is -0.481 e. The van der Waals surface area contributed by atoms with E-state index in [1.807, 2.05) is 0 Å². The Hall–Kier alpha value is -1.17. The highest BCUT2D eigenvalue weighted by Gasteiger charge is 2.48. The van der Waals surface area contributed by atoms with E-state index < -0.39 is 49.7 Å². The summed E-state index contributed by atoms with van der Waals surface area (Å²) < 4.78 is 77.5. The normalized spacial score (nSPS) is 26.6. The van der Waals surface area contributed by atoms with Crippen LogP contribution in [0.5, 0.6) is 0 Å². The van der Waals surface area contributed by atoms with Gasteiger partial charge in [-0.3, -0.25) is 4.79 Å². The Morgan fingerprint density at radius 1 is 1.21 bits per heavy atom. The lowest BCUT2D eigenvalue weighted by Crippen LogP contribution is -2.33. The molecule has 3 atom stereocenters. The zero-order valence-corrected chi connectivity index (χ0v) is 17.6. The first-order valence-electron chi connectivity index (χ1n) is 9.07. The number of halogens is 4. The van der Waals surface area contributed by atoms with Gasteiger partial charge in [0.2, 0.25) is 0 Å². The van der Waals surface area contributed by atoms with E-state index >= 15 is 0 Å². The molecule has 1 aromatic carbocycles. The van der Waals surface area contributed by atoms with Crippen LogP contribution in [-0.2, 0) is 30.3 Å². The number of hydrogen-bond donors (Lipinski definition) is 1. The van der Waals surface area contributed by atoms with E-state index in [0.717, 1.165) is 6.07 Å². The van der Waals surface area contributed by atoms with Gasteiger partial charge in [-0.15, -0.1) is 0 Å². The van der Waals surface area contributed by atoms with E-state index in [-0.39, 0.29) is 23.4 Å². The molecule has 2 fully saturated rings. The summed E-state index contributed by atoms with van der Waals surface area (Å²) in [6.45, 7) is 0.926. The summed E-state index contributed by atoms with van der Waals surface area (Å²) in [5.41, 5.74) is -1.27.